The quantitative estimate of drug-likeness (QED) is 0.0367. The molecule has 4 aromatic rings. The maximum atomic E-state index is 12.7. The van der Waals surface area contributed by atoms with Crippen LogP contribution >= 0.6 is 30.8 Å². The topological polar surface area (TPSA) is 462 Å². The monoisotopic (exact) mass is 981 g/mol. The molecule has 31 nitrogen and oxygen atoms in total. The number of rotatable bonds is 17. The third-order valence-corrected chi connectivity index (χ3v) is 16.8. The van der Waals surface area contributed by atoms with Gasteiger partial charge in [0.15, 0.2) is 35.1 Å². The molecule has 2 fully saturated rings. The Morgan fingerprint density at radius 2 is 1.46 bits per heavy atom. The Kier molecular flexibility index (Phi) is 15.8. The van der Waals surface area contributed by atoms with Crippen LogP contribution in [-0.2, 0) is 52.5 Å². The highest BCUT2D eigenvalue weighted by Gasteiger charge is 2.50. The molecule has 0 aliphatic carbocycles. The van der Waals surface area contributed by atoms with E-state index in [2.05, 4.69) is 63.7 Å². The molecular formula is C28H47N11O20P4. The van der Waals surface area contributed by atoms with Gasteiger partial charge in [0.05, 0.1) is 26.6 Å². The maximum absolute atomic E-state index is 12.7. The van der Waals surface area contributed by atoms with Crippen LogP contribution in [0.25, 0.3) is 22.3 Å². The number of hydrogen-bond acceptors (Lipinski definition) is 23. The largest absolute Gasteiger partial charge is 0.856 e. The Labute approximate surface area is 354 Å². The highest BCUT2D eigenvalue weighted by molar-refractivity contribution is 7.75. The Morgan fingerprint density at radius 3 is 2.08 bits per heavy atom. The third-order valence-electron chi connectivity index (χ3n) is 9.40. The lowest BCUT2D eigenvalue weighted by molar-refractivity contribution is -0.745. The summed E-state index contributed by atoms with van der Waals surface area (Å²) < 4.78 is 81.9. The van der Waals surface area contributed by atoms with E-state index < -0.39 is 116 Å². The van der Waals surface area contributed by atoms with Crippen LogP contribution in [0.1, 0.15) is 33.2 Å². The van der Waals surface area contributed by atoms with Crippen molar-refractivity contribution in [2.45, 2.75) is 69.9 Å². The van der Waals surface area contributed by atoms with E-state index in [1.807, 2.05) is 0 Å². The highest BCUT2D eigenvalue weighted by atomic mass is 31.3. The number of nitrogens with one attached hydrogen (secondary N) is 1. The molecule has 4 aromatic heterocycles. The van der Waals surface area contributed by atoms with E-state index in [9.17, 15) is 68.2 Å². The number of phosphoric ester groups is 1. The fourth-order valence-corrected chi connectivity index (χ4v) is 12.8. The normalized spacial score (nSPS) is 27.8. The van der Waals surface area contributed by atoms with E-state index in [-0.39, 0.29) is 28.3 Å². The van der Waals surface area contributed by atoms with Crippen LogP contribution in [0.15, 0.2) is 17.4 Å². The summed E-state index contributed by atoms with van der Waals surface area (Å²) in [6.07, 6.45) is -11.3. The number of nitrogens with two attached hydrogens (primary N) is 2. The van der Waals surface area contributed by atoms with Crippen LogP contribution in [0.2, 0.25) is 0 Å². The summed E-state index contributed by atoms with van der Waals surface area (Å²) in [7, 11) is -21.6. The van der Waals surface area contributed by atoms with Gasteiger partial charge in [-0.1, -0.05) is 25.8 Å². The van der Waals surface area contributed by atoms with Crippen molar-refractivity contribution in [3.05, 3.63) is 23.0 Å². The molecule has 6 heterocycles. The lowest BCUT2D eigenvalue weighted by atomic mass is 10.1. The van der Waals surface area contributed by atoms with Crippen LogP contribution in [-0.4, -0.2) is 154 Å². The molecule has 0 bridgehead atoms. The zero-order valence-corrected chi connectivity index (χ0v) is 37.1. The molecule has 13 N–H and O–H groups in total. The lowest BCUT2D eigenvalue weighted by Gasteiger charge is -2.22. The second kappa shape index (κ2) is 19.6. The summed E-state index contributed by atoms with van der Waals surface area (Å²) in [6, 6.07) is 0. The summed E-state index contributed by atoms with van der Waals surface area (Å²) in [4.78, 5) is 72.1. The van der Waals surface area contributed by atoms with Gasteiger partial charge >= 0.3 is 36.5 Å². The number of hydrogen-bond donors (Lipinski definition) is 11. The van der Waals surface area contributed by atoms with Gasteiger partial charge < -0.3 is 75.5 Å². The van der Waals surface area contributed by atoms with Gasteiger partial charge in [-0.05, 0) is 19.6 Å². The highest BCUT2D eigenvalue weighted by Crippen LogP contribution is 2.70. The molecule has 0 spiro atoms. The van der Waals surface area contributed by atoms with Gasteiger partial charge in [0.2, 0.25) is 12.2 Å². The molecular weight excluding hydrogens is 934 g/mol. The number of nitrogens with zero attached hydrogens (tertiary/aromatic N) is 8. The predicted molar refractivity (Wildman–Crippen MR) is 209 cm³/mol. The average Bonchev–Trinajstić information content (AvgIpc) is 3.88. The molecule has 354 valence electrons. The van der Waals surface area contributed by atoms with Crippen molar-refractivity contribution in [1.29, 1.82) is 0 Å². The Hall–Kier alpha value is -3.38. The van der Waals surface area contributed by atoms with E-state index in [0.29, 0.717) is 0 Å². The number of aromatic amines is 1. The minimum Gasteiger partial charge on any atom is -0.856 e. The number of aryl methyl sites for hydroxylation is 1. The van der Waals surface area contributed by atoms with Crippen LogP contribution < -0.4 is 26.7 Å². The van der Waals surface area contributed by atoms with Crippen molar-refractivity contribution < 1.29 is 95.1 Å². The number of aromatic nitrogens is 8. The first kappa shape index (κ1) is 50.6. The van der Waals surface area contributed by atoms with Crippen molar-refractivity contribution in [1.82, 2.24) is 39.0 Å². The minimum absolute atomic E-state index is 0.0679. The Balaban J connectivity index is 0.000000985. The van der Waals surface area contributed by atoms with Gasteiger partial charge in [-0.3, -0.25) is 32.6 Å². The van der Waals surface area contributed by atoms with Crippen LogP contribution in [0.3, 0.4) is 0 Å². The molecule has 2 aliphatic heterocycles. The maximum Gasteiger partial charge on any atom is 0.488 e. The van der Waals surface area contributed by atoms with Crippen molar-refractivity contribution in [2.24, 2.45) is 7.05 Å². The van der Waals surface area contributed by atoms with E-state index in [4.69, 9.17) is 25.5 Å². The van der Waals surface area contributed by atoms with Crippen molar-refractivity contribution in [3.63, 3.8) is 0 Å². The summed E-state index contributed by atoms with van der Waals surface area (Å²) in [5, 5.41) is 54.4. The lowest BCUT2D eigenvalue weighted by Crippen LogP contribution is -2.46. The Morgan fingerprint density at radius 1 is 0.857 bits per heavy atom. The number of H-pyrrole nitrogens is 1. The SMILES string of the molecule is CCN(CC)CC.Cn1c[n+]([C@@H]2O[C@H](COP(=O)(O)OP(=O)(O)OP(=O)(O)CP(=O)(O)OC[C@H]3O[C@@H](n4cnc5c(=O)[nH]c(N)nc54)[C@H](O)[C@@H]3O)[C@@H](O)[C@H]2O)c2nc(N)nc([O-])c21. The molecule has 2 saturated heterocycles. The number of phosphoric acid groups is 2. The molecule has 4 unspecified atom stereocenters. The molecule has 6 rings (SSSR count). The second-order valence-electron chi connectivity index (χ2n) is 13.8. The molecule has 0 amide bonds. The van der Waals surface area contributed by atoms with Crippen molar-refractivity contribution in [3.8, 4) is 5.88 Å². The molecule has 2 aliphatic rings. The Bertz CT molecular complexity index is 2520. The molecule has 0 saturated carbocycles. The van der Waals surface area contributed by atoms with Crippen LogP contribution in [0, 0.1) is 0 Å². The van der Waals surface area contributed by atoms with E-state index in [1.165, 1.54) is 37.6 Å². The van der Waals surface area contributed by atoms with Gasteiger partial charge in [0.25, 0.3) is 11.5 Å². The zero-order chi connectivity index (χ0) is 47.0. The third kappa shape index (κ3) is 11.9. The first-order chi connectivity index (χ1) is 29.2. The van der Waals surface area contributed by atoms with Crippen molar-refractivity contribution in [2.75, 3.05) is 50.2 Å². The smallest absolute Gasteiger partial charge is 0.488 e. The van der Waals surface area contributed by atoms with Crippen LogP contribution in [0.4, 0.5) is 11.9 Å². The van der Waals surface area contributed by atoms with Gasteiger partial charge in [0.1, 0.15) is 36.6 Å². The summed E-state index contributed by atoms with van der Waals surface area (Å²) in [5.74, 6) is -3.46. The average molecular weight is 982 g/mol. The standard InChI is InChI=1S/C22H32N10O20P4.C6H15N/c1-30-5-32(16-10(30)18(38)29-22(24)27-16)20-14(36)12(34)8(50-20)3-48-55(43,44)52-56(45,46)51-54(41,42)6-53(39,40)47-2-7-11(33)13(35)19(49-7)31-4-25-9-15(31)26-21(23)28-17(9)37;1-4-7(5-2)6-3/h4-5,7-8,11-14,19-20,33-36H,2-3,6H2,1H3,(H9-,23,24,26,27,28,29,37,38,39,40,41,42,43,44,45,46);4-6H2,1-3H3/t7-,8-,11-,12-,13-,14-,19-,20-;/m1./s1. The molecule has 12 atom stereocenters. The summed E-state index contributed by atoms with van der Waals surface area (Å²) in [5.41, 5.74) is 9.78. The van der Waals surface area contributed by atoms with Crippen molar-refractivity contribution >= 4 is 65.1 Å². The predicted octanol–water partition coefficient (Wildman–Crippen LogP) is -3.19. The fourth-order valence-electron chi connectivity index (χ4n) is 6.39. The molecule has 63 heavy (non-hydrogen) atoms. The van der Waals surface area contributed by atoms with Gasteiger partial charge in [-0.15, -0.1) is 0 Å². The van der Waals surface area contributed by atoms with Gasteiger partial charge in [-0.25, -0.2) is 28.0 Å². The van der Waals surface area contributed by atoms with Gasteiger partial charge in [0, 0.05) is 5.88 Å². The summed E-state index contributed by atoms with van der Waals surface area (Å²) in [6.45, 7) is 7.93. The second-order valence-corrected chi connectivity index (χ2v) is 21.2. The number of imidazole rings is 2. The number of anilines is 2. The number of ether oxygens (including phenoxy) is 2. The zero-order valence-electron chi connectivity index (χ0n) is 33.5. The first-order valence-electron chi connectivity index (χ1n) is 18.4. The molecule has 35 heteroatoms. The van der Waals surface area contributed by atoms with Gasteiger partial charge in [-0.2, -0.15) is 9.29 Å². The van der Waals surface area contributed by atoms with E-state index >= 15 is 0 Å². The molecule has 0 radical (unpaired) electrons. The van der Waals surface area contributed by atoms with E-state index in [1.54, 1.807) is 0 Å². The summed E-state index contributed by atoms with van der Waals surface area (Å²) >= 11 is 0. The first-order valence-corrected chi connectivity index (χ1v) is 24.9. The fraction of sp³-hybridized carbons (Fsp3) is 0.643. The molecule has 0 aromatic carbocycles. The number of aliphatic hydroxyl groups is 4. The van der Waals surface area contributed by atoms with E-state index in [0.717, 1.165) is 15.5 Å². The number of aliphatic hydroxyl groups excluding tert-OH is 4. The number of nitrogen functional groups attached to an aromatic ring is 2. The number of fused-ring (bicyclic) bond motifs is 2. The van der Waals surface area contributed by atoms with Crippen LogP contribution in [0.5, 0.6) is 5.88 Å². The minimum atomic E-state index is -6.13.